The molecule has 7 heteroatoms. The second-order valence-electron chi connectivity index (χ2n) is 4.39. The highest BCUT2D eigenvalue weighted by molar-refractivity contribution is 5.97. The van der Waals surface area contributed by atoms with Crippen molar-refractivity contribution in [2.75, 3.05) is 19.9 Å². The minimum absolute atomic E-state index is 0.00690. The molecule has 108 valence electrons. The molecule has 1 aliphatic heterocycles. The van der Waals surface area contributed by atoms with Crippen molar-refractivity contribution < 1.29 is 19.5 Å². The number of ether oxygens (including phenoxy) is 2. The van der Waals surface area contributed by atoms with E-state index < -0.39 is 0 Å². The molecular weight excluding hydrogens is 262 g/mol. The average Bonchev–Trinajstić information content (AvgIpc) is 2.93. The van der Waals surface area contributed by atoms with E-state index in [-0.39, 0.29) is 25.1 Å². The predicted molar refractivity (Wildman–Crippen MR) is 72.2 cm³/mol. The Labute approximate surface area is 116 Å². The van der Waals surface area contributed by atoms with Crippen molar-refractivity contribution in [1.82, 2.24) is 4.90 Å². The number of amides is 1. The number of hydrogen-bond donors (Lipinski definition) is 2. The topological polar surface area (TPSA) is 97.4 Å². The molecule has 1 heterocycles. The first kappa shape index (κ1) is 14.0. The summed E-state index contributed by atoms with van der Waals surface area (Å²) in [6.45, 7) is 2.71. The average molecular weight is 279 g/mol. The van der Waals surface area contributed by atoms with Gasteiger partial charge in [-0.1, -0.05) is 12.1 Å². The molecule has 1 aromatic carbocycles. The van der Waals surface area contributed by atoms with E-state index in [9.17, 15) is 4.79 Å². The van der Waals surface area contributed by atoms with Crippen molar-refractivity contribution in [1.29, 1.82) is 0 Å². The van der Waals surface area contributed by atoms with Crippen LogP contribution in [0.25, 0.3) is 0 Å². The Hall–Kier alpha value is -2.44. The van der Waals surface area contributed by atoms with Gasteiger partial charge in [0.05, 0.1) is 6.54 Å². The normalized spacial score (nSPS) is 13.3. The second kappa shape index (κ2) is 6.14. The molecule has 0 aromatic heterocycles. The Morgan fingerprint density at radius 3 is 2.90 bits per heavy atom. The highest BCUT2D eigenvalue weighted by Crippen LogP contribution is 2.32. The van der Waals surface area contributed by atoms with E-state index in [0.29, 0.717) is 23.6 Å². The predicted octanol–water partition coefficient (Wildman–Crippen LogP) is 1.01. The van der Waals surface area contributed by atoms with Crippen LogP contribution in [-0.4, -0.2) is 41.7 Å². The lowest BCUT2D eigenvalue weighted by Gasteiger charge is -2.21. The van der Waals surface area contributed by atoms with Crippen LogP contribution in [0.2, 0.25) is 0 Å². The summed E-state index contributed by atoms with van der Waals surface area (Å²) < 4.78 is 10.5. The maximum Gasteiger partial charge on any atom is 0.254 e. The first-order valence-corrected chi connectivity index (χ1v) is 6.31. The third kappa shape index (κ3) is 2.93. The Morgan fingerprint density at radius 1 is 1.45 bits per heavy atom. The van der Waals surface area contributed by atoms with Crippen LogP contribution in [0.4, 0.5) is 0 Å². The number of fused-ring (bicyclic) bond motifs is 1. The van der Waals surface area contributed by atoms with E-state index in [0.717, 1.165) is 6.42 Å². The number of nitrogens with zero attached hydrogens (tertiary/aromatic N) is 2. The molecule has 1 aliphatic rings. The van der Waals surface area contributed by atoms with Crippen LogP contribution in [0.15, 0.2) is 23.4 Å². The van der Waals surface area contributed by atoms with Crippen LogP contribution in [0.3, 0.4) is 0 Å². The number of amidine groups is 1. The quantitative estimate of drug-likeness (QED) is 0.363. The highest BCUT2D eigenvalue weighted by atomic mass is 16.7. The van der Waals surface area contributed by atoms with Gasteiger partial charge in [-0.25, -0.2) is 0 Å². The molecule has 0 spiro atoms. The van der Waals surface area contributed by atoms with Crippen molar-refractivity contribution in [3.05, 3.63) is 23.8 Å². The summed E-state index contributed by atoms with van der Waals surface area (Å²) in [6.07, 6.45) is 0.773. The van der Waals surface area contributed by atoms with E-state index in [1.165, 1.54) is 4.90 Å². The van der Waals surface area contributed by atoms with E-state index in [1.54, 1.807) is 18.2 Å². The summed E-state index contributed by atoms with van der Waals surface area (Å²) in [6, 6.07) is 5.01. The van der Waals surface area contributed by atoms with Gasteiger partial charge >= 0.3 is 0 Å². The number of rotatable bonds is 5. The summed E-state index contributed by atoms with van der Waals surface area (Å²) in [5.41, 5.74) is 5.95. The van der Waals surface area contributed by atoms with Gasteiger partial charge in [0.1, 0.15) is 0 Å². The Bertz CT molecular complexity index is 530. The summed E-state index contributed by atoms with van der Waals surface area (Å²) in [5, 5.41) is 11.5. The molecule has 0 radical (unpaired) electrons. The molecule has 0 fully saturated rings. The highest BCUT2D eigenvalue weighted by Gasteiger charge is 2.20. The van der Waals surface area contributed by atoms with E-state index in [1.807, 2.05) is 6.92 Å². The van der Waals surface area contributed by atoms with E-state index >= 15 is 0 Å². The zero-order valence-corrected chi connectivity index (χ0v) is 11.2. The van der Waals surface area contributed by atoms with Gasteiger partial charge in [-0.3, -0.25) is 4.79 Å². The molecule has 20 heavy (non-hydrogen) atoms. The lowest BCUT2D eigenvalue weighted by Crippen LogP contribution is -2.39. The van der Waals surface area contributed by atoms with Gasteiger partial charge in [-0.05, 0) is 24.6 Å². The van der Waals surface area contributed by atoms with Gasteiger partial charge in [0.25, 0.3) is 5.91 Å². The van der Waals surface area contributed by atoms with Crippen LogP contribution in [-0.2, 0) is 0 Å². The molecule has 7 nitrogen and oxygen atoms in total. The Morgan fingerprint density at radius 2 is 2.20 bits per heavy atom. The minimum Gasteiger partial charge on any atom is -0.454 e. The summed E-state index contributed by atoms with van der Waals surface area (Å²) in [7, 11) is 0. The lowest BCUT2D eigenvalue weighted by atomic mass is 10.1. The summed E-state index contributed by atoms with van der Waals surface area (Å²) in [4.78, 5) is 13.9. The van der Waals surface area contributed by atoms with Gasteiger partial charge in [0.15, 0.2) is 17.3 Å². The standard InChI is InChI=1S/C13H17N3O4/c1-2-5-16(7-12(14)15-18)13(17)9-3-4-10-11(6-9)20-8-19-10/h3-4,6,18H,2,5,7-8H2,1H3,(H2,14,15). The number of benzene rings is 1. The zero-order chi connectivity index (χ0) is 14.5. The van der Waals surface area contributed by atoms with Crippen LogP contribution in [0, 0.1) is 0 Å². The van der Waals surface area contributed by atoms with Crippen LogP contribution >= 0.6 is 0 Å². The monoisotopic (exact) mass is 279 g/mol. The SMILES string of the molecule is CCCN(CC(N)=NO)C(=O)c1ccc2c(c1)OCO2. The molecule has 0 atom stereocenters. The minimum atomic E-state index is -0.197. The molecule has 0 aliphatic carbocycles. The van der Waals surface area contributed by atoms with Crippen molar-refractivity contribution >= 4 is 11.7 Å². The molecule has 0 bridgehead atoms. The first-order valence-electron chi connectivity index (χ1n) is 6.31. The van der Waals surface area contributed by atoms with Gasteiger partial charge in [0.2, 0.25) is 6.79 Å². The largest absolute Gasteiger partial charge is 0.454 e. The Balaban J connectivity index is 2.18. The number of nitrogens with two attached hydrogens (primary N) is 1. The van der Waals surface area contributed by atoms with Crippen molar-refractivity contribution in [2.24, 2.45) is 10.9 Å². The lowest BCUT2D eigenvalue weighted by molar-refractivity contribution is 0.0778. The van der Waals surface area contributed by atoms with Crippen molar-refractivity contribution in [2.45, 2.75) is 13.3 Å². The van der Waals surface area contributed by atoms with Gasteiger partial charge in [-0.15, -0.1) is 0 Å². The fraction of sp³-hybridized carbons (Fsp3) is 0.385. The fourth-order valence-corrected chi connectivity index (χ4v) is 1.96. The third-order valence-electron chi connectivity index (χ3n) is 2.88. The molecule has 1 aromatic rings. The zero-order valence-electron chi connectivity index (χ0n) is 11.2. The number of oxime groups is 1. The number of hydrogen-bond acceptors (Lipinski definition) is 5. The summed E-state index contributed by atoms with van der Waals surface area (Å²) >= 11 is 0. The van der Waals surface area contributed by atoms with E-state index in [4.69, 9.17) is 20.4 Å². The van der Waals surface area contributed by atoms with Crippen LogP contribution < -0.4 is 15.2 Å². The Kier molecular flexibility index (Phi) is 4.29. The molecule has 2 rings (SSSR count). The third-order valence-corrected chi connectivity index (χ3v) is 2.88. The molecule has 3 N–H and O–H groups in total. The second-order valence-corrected chi connectivity index (χ2v) is 4.39. The van der Waals surface area contributed by atoms with Crippen LogP contribution in [0.1, 0.15) is 23.7 Å². The van der Waals surface area contributed by atoms with Crippen LogP contribution in [0.5, 0.6) is 11.5 Å². The van der Waals surface area contributed by atoms with Crippen molar-refractivity contribution in [3.8, 4) is 11.5 Å². The summed E-state index contributed by atoms with van der Waals surface area (Å²) in [5.74, 6) is 0.973. The maximum atomic E-state index is 12.4. The van der Waals surface area contributed by atoms with Gasteiger partial charge in [0, 0.05) is 12.1 Å². The molecule has 1 amide bonds. The molecule has 0 saturated heterocycles. The fourth-order valence-electron chi connectivity index (χ4n) is 1.96. The smallest absolute Gasteiger partial charge is 0.254 e. The first-order chi connectivity index (χ1) is 9.65. The maximum absolute atomic E-state index is 12.4. The van der Waals surface area contributed by atoms with E-state index in [2.05, 4.69) is 5.16 Å². The molecular formula is C13H17N3O4. The van der Waals surface area contributed by atoms with Crippen molar-refractivity contribution in [3.63, 3.8) is 0 Å². The number of carbonyl (C=O) groups is 1. The molecule has 0 unspecified atom stereocenters. The van der Waals surface area contributed by atoms with Gasteiger partial charge < -0.3 is 25.3 Å². The molecule has 0 saturated carbocycles. The van der Waals surface area contributed by atoms with Gasteiger partial charge in [-0.2, -0.15) is 0 Å². The number of carbonyl (C=O) groups excluding carboxylic acids is 1.